The second-order valence-electron chi connectivity index (χ2n) is 9.18. The first kappa shape index (κ1) is 24.7. The van der Waals surface area contributed by atoms with Crippen molar-refractivity contribution in [3.8, 4) is 56.4 Å². The molecule has 1 heterocycles. The molecule has 6 aromatic rings. The molecule has 0 amide bonds. The first-order valence-electron chi connectivity index (χ1n) is 12.7. The minimum absolute atomic E-state index is 0.612. The van der Waals surface area contributed by atoms with E-state index >= 15 is 0 Å². The fourth-order valence-corrected chi connectivity index (χ4v) is 5.06. The summed E-state index contributed by atoms with van der Waals surface area (Å²) in [5.74, 6) is 1.85. The molecule has 3 nitrogen and oxygen atoms in total. The Balaban J connectivity index is 1.55. The van der Waals surface area contributed by atoms with Crippen LogP contribution in [0.5, 0.6) is 0 Å². The molecule has 0 aliphatic heterocycles. The molecule has 0 unspecified atom stereocenters. The quantitative estimate of drug-likeness (QED) is 0.202. The Kier molecular flexibility index (Phi) is 6.94. The van der Waals surface area contributed by atoms with E-state index in [2.05, 4.69) is 83.2 Å². The zero-order valence-corrected chi connectivity index (χ0v) is 22.7. The number of aromatic nitrogens is 3. The van der Waals surface area contributed by atoms with Crippen molar-refractivity contribution in [3.63, 3.8) is 0 Å². The Morgan fingerprint density at radius 1 is 0.436 bits per heavy atom. The van der Waals surface area contributed by atoms with Crippen molar-refractivity contribution >= 4 is 22.0 Å². The van der Waals surface area contributed by atoms with E-state index in [0.717, 1.165) is 49.0 Å². The van der Waals surface area contributed by atoms with Crippen LogP contribution in [0.4, 0.5) is 0 Å². The predicted octanol–water partition coefficient (Wildman–Crippen LogP) is 9.61. The number of nitrogens with zero attached hydrogens (tertiary/aromatic N) is 3. The van der Waals surface area contributed by atoms with Crippen LogP contribution in [0.2, 0.25) is 0 Å². The highest BCUT2D eigenvalue weighted by Gasteiger charge is 2.15. The molecule has 0 saturated heterocycles. The number of halogens is 1. The van der Waals surface area contributed by atoms with E-state index < -0.39 is 0 Å². The summed E-state index contributed by atoms with van der Waals surface area (Å²) in [4.78, 5) is 14.9. The maximum absolute atomic E-state index is 5.01. The third-order valence-electron chi connectivity index (χ3n) is 6.49. The van der Waals surface area contributed by atoms with Gasteiger partial charge in [-0.15, -0.1) is 0 Å². The van der Waals surface area contributed by atoms with Crippen molar-refractivity contribution in [2.24, 2.45) is 0 Å². The Morgan fingerprint density at radius 2 is 0.821 bits per heavy atom. The predicted molar refractivity (Wildman–Crippen MR) is 165 cm³/mol. The fourth-order valence-electron chi connectivity index (χ4n) is 4.56. The van der Waals surface area contributed by atoms with Gasteiger partial charge in [-0.3, -0.25) is 0 Å². The van der Waals surface area contributed by atoms with Gasteiger partial charge in [0.1, 0.15) is 0 Å². The van der Waals surface area contributed by atoms with Gasteiger partial charge >= 0.3 is 0 Å². The highest BCUT2D eigenvalue weighted by Crippen LogP contribution is 2.32. The van der Waals surface area contributed by atoms with Gasteiger partial charge in [0.2, 0.25) is 0 Å². The Hall–Kier alpha value is -4.67. The molecule has 6 rings (SSSR count). The first-order valence-corrected chi connectivity index (χ1v) is 13.5. The average molecular weight is 567 g/mol. The number of benzene rings is 5. The van der Waals surface area contributed by atoms with E-state index in [0.29, 0.717) is 17.5 Å². The summed E-state index contributed by atoms with van der Waals surface area (Å²) in [7, 11) is 0. The molecule has 0 N–H and O–H groups in total. The lowest BCUT2D eigenvalue weighted by atomic mass is 9.99. The van der Waals surface area contributed by atoms with Crippen LogP contribution in [0, 0.1) is 0 Å². The summed E-state index contributed by atoms with van der Waals surface area (Å²) in [5.41, 5.74) is 8.18. The number of hydrogen-bond donors (Lipinski definition) is 0. The van der Waals surface area contributed by atoms with Gasteiger partial charge in [0, 0.05) is 21.2 Å². The molecule has 0 saturated carbocycles. The van der Waals surface area contributed by atoms with Gasteiger partial charge in [-0.1, -0.05) is 120 Å². The molecule has 0 aliphatic carbocycles. The zero-order valence-electron chi connectivity index (χ0n) is 21.1. The number of hydrogen-bond acceptors (Lipinski definition) is 3. The average Bonchev–Trinajstić information content (AvgIpc) is 3.01. The third-order valence-corrected chi connectivity index (χ3v) is 6.94. The van der Waals surface area contributed by atoms with E-state index in [1.165, 1.54) is 0 Å². The van der Waals surface area contributed by atoms with Gasteiger partial charge in [0.05, 0.1) is 0 Å². The monoisotopic (exact) mass is 565 g/mol. The zero-order chi connectivity index (χ0) is 26.6. The summed E-state index contributed by atoms with van der Waals surface area (Å²) >= 11 is 3.71. The van der Waals surface area contributed by atoms with E-state index in [4.69, 9.17) is 15.0 Å². The maximum Gasteiger partial charge on any atom is 0.164 e. The standard InChI is InChI=1S/C35H24BrN3/c1-2-24-18-28(25-12-6-3-7-13-25)20-30(19-24)34-37-33(27-16-10-5-11-17-27)38-35(39-34)31-21-29(22-32(36)23-31)26-14-8-4-9-15-26/h2-23H,1H2. The van der Waals surface area contributed by atoms with Crippen LogP contribution in [0.25, 0.3) is 62.5 Å². The normalized spacial score (nSPS) is 10.8. The highest BCUT2D eigenvalue weighted by atomic mass is 79.9. The van der Waals surface area contributed by atoms with Crippen LogP contribution < -0.4 is 0 Å². The van der Waals surface area contributed by atoms with Crippen molar-refractivity contribution in [1.29, 1.82) is 0 Å². The molecule has 1 aromatic heterocycles. The second-order valence-corrected chi connectivity index (χ2v) is 10.1. The fraction of sp³-hybridized carbons (Fsp3) is 0. The highest BCUT2D eigenvalue weighted by molar-refractivity contribution is 9.10. The summed E-state index contributed by atoms with van der Waals surface area (Å²) in [5, 5.41) is 0. The SMILES string of the molecule is C=Cc1cc(-c2ccccc2)cc(-c2nc(-c3ccccc3)nc(-c3cc(Br)cc(-c4ccccc4)c3)n2)c1. The molecule has 0 atom stereocenters. The van der Waals surface area contributed by atoms with Crippen molar-refractivity contribution in [2.75, 3.05) is 0 Å². The van der Waals surface area contributed by atoms with Crippen molar-refractivity contribution in [1.82, 2.24) is 15.0 Å². The molecular weight excluding hydrogens is 542 g/mol. The summed E-state index contributed by atoms with van der Waals surface area (Å²) < 4.78 is 0.960. The topological polar surface area (TPSA) is 38.7 Å². The smallest absolute Gasteiger partial charge is 0.164 e. The molecule has 0 radical (unpaired) electrons. The summed E-state index contributed by atoms with van der Waals surface area (Å²) in [6.45, 7) is 4.02. The summed E-state index contributed by atoms with van der Waals surface area (Å²) in [6.07, 6.45) is 1.86. The molecule has 0 fully saturated rings. The molecule has 186 valence electrons. The number of rotatable bonds is 6. The first-order chi connectivity index (χ1) is 19.2. The Morgan fingerprint density at radius 3 is 1.33 bits per heavy atom. The van der Waals surface area contributed by atoms with Gasteiger partial charge in [-0.25, -0.2) is 15.0 Å². The van der Waals surface area contributed by atoms with Crippen LogP contribution in [0.1, 0.15) is 5.56 Å². The molecule has 39 heavy (non-hydrogen) atoms. The molecule has 0 bridgehead atoms. The molecule has 5 aromatic carbocycles. The van der Waals surface area contributed by atoms with Crippen LogP contribution in [-0.4, -0.2) is 15.0 Å². The minimum Gasteiger partial charge on any atom is -0.208 e. The molecule has 0 spiro atoms. The lowest BCUT2D eigenvalue weighted by molar-refractivity contribution is 1.07. The van der Waals surface area contributed by atoms with Gasteiger partial charge < -0.3 is 0 Å². The van der Waals surface area contributed by atoms with Crippen LogP contribution in [0.3, 0.4) is 0 Å². The molecular formula is C35H24BrN3. The van der Waals surface area contributed by atoms with Crippen molar-refractivity contribution in [3.05, 3.63) is 144 Å². The van der Waals surface area contributed by atoms with Crippen LogP contribution >= 0.6 is 15.9 Å². The Labute approximate surface area is 236 Å². The van der Waals surface area contributed by atoms with Crippen LogP contribution in [-0.2, 0) is 0 Å². The summed E-state index contributed by atoms with van der Waals surface area (Å²) in [6, 6.07) is 43.3. The third kappa shape index (κ3) is 5.47. The molecule has 0 aliphatic rings. The van der Waals surface area contributed by atoms with Gasteiger partial charge in [-0.2, -0.15) is 0 Å². The van der Waals surface area contributed by atoms with E-state index in [1.54, 1.807) is 0 Å². The lowest BCUT2D eigenvalue weighted by Crippen LogP contribution is -2.01. The van der Waals surface area contributed by atoms with Crippen LogP contribution in [0.15, 0.2) is 138 Å². The van der Waals surface area contributed by atoms with E-state index in [-0.39, 0.29) is 0 Å². The lowest BCUT2D eigenvalue weighted by Gasteiger charge is -2.12. The second kappa shape index (κ2) is 11.0. The van der Waals surface area contributed by atoms with Gasteiger partial charge in [0.25, 0.3) is 0 Å². The van der Waals surface area contributed by atoms with Gasteiger partial charge in [-0.05, 0) is 64.2 Å². The van der Waals surface area contributed by atoms with Gasteiger partial charge in [0.15, 0.2) is 17.5 Å². The largest absolute Gasteiger partial charge is 0.208 e. The minimum atomic E-state index is 0.612. The van der Waals surface area contributed by atoms with Crippen molar-refractivity contribution in [2.45, 2.75) is 0 Å². The van der Waals surface area contributed by atoms with E-state index in [1.807, 2.05) is 72.8 Å². The maximum atomic E-state index is 5.01. The van der Waals surface area contributed by atoms with Crippen molar-refractivity contribution < 1.29 is 0 Å². The van der Waals surface area contributed by atoms with E-state index in [9.17, 15) is 0 Å². The molecule has 4 heteroatoms. The Bertz CT molecular complexity index is 1770.